The van der Waals surface area contributed by atoms with Gasteiger partial charge in [0.15, 0.2) is 0 Å². The molecule has 3 rings (SSSR count). The van der Waals surface area contributed by atoms with Crippen molar-refractivity contribution in [1.82, 2.24) is 10.2 Å². The van der Waals surface area contributed by atoms with E-state index >= 15 is 0 Å². The number of nitrogens with one attached hydrogen (secondary N) is 1. The summed E-state index contributed by atoms with van der Waals surface area (Å²) in [7, 11) is 0. The summed E-state index contributed by atoms with van der Waals surface area (Å²) in [6.07, 6.45) is 5.69. The SMILES string of the molecule is O=C(CN1CC2CCCC2C1C(=O)O)NCC1CC1. The molecule has 1 aliphatic heterocycles. The highest BCUT2D eigenvalue weighted by molar-refractivity contribution is 5.80. The molecular formula is C14H22N2O3. The highest BCUT2D eigenvalue weighted by Gasteiger charge is 2.47. The van der Waals surface area contributed by atoms with E-state index < -0.39 is 12.0 Å². The number of fused-ring (bicyclic) bond motifs is 1. The van der Waals surface area contributed by atoms with Crippen LogP contribution >= 0.6 is 0 Å². The normalized spacial score (nSPS) is 34.2. The van der Waals surface area contributed by atoms with E-state index in [4.69, 9.17) is 0 Å². The molecule has 1 heterocycles. The van der Waals surface area contributed by atoms with Gasteiger partial charge in [-0.15, -0.1) is 0 Å². The molecule has 0 aromatic heterocycles. The van der Waals surface area contributed by atoms with Gasteiger partial charge in [-0.2, -0.15) is 0 Å². The summed E-state index contributed by atoms with van der Waals surface area (Å²) < 4.78 is 0. The molecule has 106 valence electrons. The van der Waals surface area contributed by atoms with Crippen LogP contribution in [-0.4, -0.2) is 47.6 Å². The van der Waals surface area contributed by atoms with E-state index in [-0.39, 0.29) is 18.4 Å². The monoisotopic (exact) mass is 266 g/mol. The van der Waals surface area contributed by atoms with E-state index in [9.17, 15) is 14.7 Å². The van der Waals surface area contributed by atoms with Gasteiger partial charge in [0.05, 0.1) is 6.54 Å². The Labute approximate surface area is 113 Å². The maximum Gasteiger partial charge on any atom is 0.321 e. The minimum absolute atomic E-state index is 0.0156. The van der Waals surface area contributed by atoms with E-state index in [0.717, 1.165) is 32.4 Å². The van der Waals surface area contributed by atoms with Crippen LogP contribution in [0.2, 0.25) is 0 Å². The van der Waals surface area contributed by atoms with Gasteiger partial charge in [-0.1, -0.05) is 6.42 Å². The van der Waals surface area contributed by atoms with Gasteiger partial charge in [-0.05, 0) is 43.4 Å². The molecule has 1 saturated heterocycles. The van der Waals surface area contributed by atoms with Gasteiger partial charge in [0, 0.05) is 13.1 Å². The van der Waals surface area contributed by atoms with E-state index in [1.165, 1.54) is 12.8 Å². The highest BCUT2D eigenvalue weighted by atomic mass is 16.4. The van der Waals surface area contributed by atoms with Crippen molar-refractivity contribution in [2.75, 3.05) is 19.6 Å². The lowest BCUT2D eigenvalue weighted by molar-refractivity contribution is -0.144. The Bertz CT molecular complexity index is 381. The first-order chi connectivity index (χ1) is 9.15. The summed E-state index contributed by atoms with van der Waals surface area (Å²) in [6.45, 7) is 1.78. The summed E-state index contributed by atoms with van der Waals surface area (Å²) in [5, 5.41) is 12.3. The highest BCUT2D eigenvalue weighted by Crippen LogP contribution is 2.42. The number of carbonyl (C=O) groups excluding carboxylic acids is 1. The maximum atomic E-state index is 11.9. The van der Waals surface area contributed by atoms with Crippen LogP contribution in [0.15, 0.2) is 0 Å². The van der Waals surface area contributed by atoms with Crippen molar-refractivity contribution in [3.8, 4) is 0 Å². The van der Waals surface area contributed by atoms with Crippen molar-refractivity contribution in [3.05, 3.63) is 0 Å². The second-order valence-electron chi connectivity index (χ2n) is 6.31. The Morgan fingerprint density at radius 1 is 1.21 bits per heavy atom. The van der Waals surface area contributed by atoms with Gasteiger partial charge in [0.25, 0.3) is 0 Å². The molecule has 3 aliphatic rings. The first-order valence-electron chi connectivity index (χ1n) is 7.38. The van der Waals surface area contributed by atoms with Gasteiger partial charge < -0.3 is 10.4 Å². The average molecular weight is 266 g/mol. The number of rotatable bonds is 5. The Morgan fingerprint density at radius 3 is 2.68 bits per heavy atom. The Hall–Kier alpha value is -1.10. The van der Waals surface area contributed by atoms with Gasteiger partial charge in [0.1, 0.15) is 6.04 Å². The van der Waals surface area contributed by atoms with Gasteiger partial charge in [0.2, 0.25) is 5.91 Å². The third-order valence-electron chi connectivity index (χ3n) is 4.87. The Morgan fingerprint density at radius 2 is 2.00 bits per heavy atom. The lowest BCUT2D eigenvalue weighted by Gasteiger charge is -2.23. The molecular weight excluding hydrogens is 244 g/mol. The molecule has 2 saturated carbocycles. The van der Waals surface area contributed by atoms with Crippen molar-refractivity contribution in [3.63, 3.8) is 0 Å². The second kappa shape index (κ2) is 5.12. The molecule has 5 nitrogen and oxygen atoms in total. The number of aliphatic carboxylic acids is 1. The molecule has 19 heavy (non-hydrogen) atoms. The van der Waals surface area contributed by atoms with Crippen molar-refractivity contribution < 1.29 is 14.7 Å². The largest absolute Gasteiger partial charge is 0.480 e. The first-order valence-corrected chi connectivity index (χ1v) is 7.38. The molecule has 2 N–H and O–H groups in total. The molecule has 0 radical (unpaired) electrons. The van der Waals surface area contributed by atoms with Crippen LogP contribution in [0, 0.1) is 17.8 Å². The quantitative estimate of drug-likeness (QED) is 0.768. The molecule has 1 amide bonds. The minimum Gasteiger partial charge on any atom is -0.480 e. The van der Waals surface area contributed by atoms with E-state index in [0.29, 0.717) is 11.8 Å². The summed E-state index contributed by atoms with van der Waals surface area (Å²) >= 11 is 0. The summed E-state index contributed by atoms with van der Waals surface area (Å²) in [5.74, 6) is 0.630. The lowest BCUT2D eigenvalue weighted by atomic mass is 9.94. The zero-order valence-corrected chi connectivity index (χ0v) is 11.2. The predicted octanol–water partition coefficient (Wildman–Crippen LogP) is 0.698. The molecule has 5 heteroatoms. The smallest absolute Gasteiger partial charge is 0.321 e. The van der Waals surface area contributed by atoms with Crippen LogP contribution in [0.4, 0.5) is 0 Å². The topological polar surface area (TPSA) is 69.6 Å². The van der Waals surface area contributed by atoms with Crippen molar-refractivity contribution in [2.24, 2.45) is 17.8 Å². The van der Waals surface area contributed by atoms with Crippen LogP contribution in [0.5, 0.6) is 0 Å². The third kappa shape index (κ3) is 2.76. The lowest BCUT2D eigenvalue weighted by Crippen LogP contribution is -2.45. The molecule has 0 bridgehead atoms. The number of likely N-dealkylation sites (tertiary alicyclic amines) is 1. The van der Waals surface area contributed by atoms with Gasteiger partial charge in [-0.25, -0.2) is 0 Å². The Balaban J connectivity index is 1.56. The number of carboxylic acids is 1. The van der Waals surface area contributed by atoms with Crippen LogP contribution in [0.1, 0.15) is 32.1 Å². The molecule has 3 unspecified atom stereocenters. The van der Waals surface area contributed by atoms with Crippen molar-refractivity contribution in [2.45, 2.75) is 38.1 Å². The second-order valence-corrected chi connectivity index (χ2v) is 6.31. The van der Waals surface area contributed by atoms with Crippen molar-refractivity contribution >= 4 is 11.9 Å². The summed E-state index contributed by atoms with van der Waals surface area (Å²) in [5.41, 5.74) is 0. The van der Waals surface area contributed by atoms with Crippen molar-refractivity contribution in [1.29, 1.82) is 0 Å². The third-order valence-corrected chi connectivity index (χ3v) is 4.87. The number of carbonyl (C=O) groups is 2. The fourth-order valence-electron chi connectivity index (χ4n) is 3.72. The van der Waals surface area contributed by atoms with Gasteiger partial charge in [-0.3, -0.25) is 14.5 Å². The van der Waals surface area contributed by atoms with Crippen LogP contribution in [0.25, 0.3) is 0 Å². The Kier molecular flexibility index (Phi) is 3.48. The maximum absolute atomic E-state index is 11.9. The molecule has 0 spiro atoms. The zero-order valence-electron chi connectivity index (χ0n) is 11.2. The molecule has 3 fully saturated rings. The number of hydrogen-bond acceptors (Lipinski definition) is 3. The fourth-order valence-corrected chi connectivity index (χ4v) is 3.72. The predicted molar refractivity (Wildman–Crippen MR) is 69.6 cm³/mol. The van der Waals surface area contributed by atoms with E-state index in [1.807, 2.05) is 4.90 Å². The fraction of sp³-hybridized carbons (Fsp3) is 0.857. The van der Waals surface area contributed by atoms with Crippen LogP contribution in [-0.2, 0) is 9.59 Å². The zero-order chi connectivity index (χ0) is 13.4. The molecule has 0 aromatic carbocycles. The standard InChI is InChI=1S/C14H22N2O3/c17-12(15-6-9-4-5-9)8-16-7-10-2-1-3-11(10)13(16)14(18)19/h9-11,13H,1-8H2,(H,15,17)(H,18,19). The van der Waals surface area contributed by atoms with E-state index in [1.54, 1.807) is 0 Å². The first kappa shape index (κ1) is 12.9. The molecule has 0 aromatic rings. The average Bonchev–Trinajstić information content (AvgIpc) is 2.97. The minimum atomic E-state index is -0.760. The van der Waals surface area contributed by atoms with Crippen LogP contribution in [0.3, 0.4) is 0 Å². The summed E-state index contributed by atoms with van der Waals surface area (Å²) in [6, 6.07) is -0.445. The molecule has 2 aliphatic carbocycles. The van der Waals surface area contributed by atoms with Gasteiger partial charge >= 0.3 is 5.97 Å². The number of amides is 1. The van der Waals surface area contributed by atoms with E-state index in [2.05, 4.69) is 5.32 Å². The number of nitrogens with zero attached hydrogens (tertiary/aromatic N) is 1. The molecule has 3 atom stereocenters. The number of hydrogen-bond donors (Lipinski definition) is 2. The van der Waals surface area contributed by atoms with Crippen LogP contribution < -0.4 is 5.32 Å². The number of carboxylic acid groups (broad SMARTS) is 1. The summed E-state index contributed by atoms with van der Waals surface area (Å²) in [4.78, 5) is 25.2.